The molecule has 2 heterocycles. The Morgan fingerprint density at radius 2 is 1.65 bits per heavy atom. The molecule has 9 nitrogen and oxygen atoms in total. The van der Waals surface area contributed by atoms with E-state index < -0.39 is 23.5 Å². The molecule has 0 unspecified atom stereocenters. The Bertz CT molecular complexity index is 1310. The minimum atomic E-state index is -0.678. The third kappa shape index (κ3) is 9.96. The second kappa shape index (κ2) is 15.7. The van der Waals surface area contributed by atoms with Crippen LogP contribution in [0.2, 0.25) is 0 Å². The van der Waals surface area contributed by atoms with Crippen molar-refractivity contribution in [3.8, 4) is 0 Å². The van der Waals surface area contributed by atoms with Crippen molar-refractivity contribution < 1.29 is 23.9 Å². The van der Waals surface area contributed by atoms with Crippen molar-refractivity contribution >= 4 is 28.8 Å². The summed E-state index contributed by atoms with van der Waals surface area (Å²) in [7, 11) is 1.72. The predicted octanol–water partition coefficient (Wildman–Crippen LogP) is 6.62. The summed E-state index contributed by atoms with van der Waals surface area (Å²) in [6.07, 6.45) is 6.75. The van der Waals surface area contributed by atoms with E-state index in [-0.39, 0.29) is 37.0 Å². The maximum absolute atomic E-state index is 14.5. The number of methoxy groups -OCH3 is 1. The lowest BCUT2D eigenvalue weighted by atomic mass is 9.86. The van der Waals surface area contributed by atoms with Crippen LogP contribution in [0.1, 0.15) is 92.6 Å². The highest BCUT2D eigenvalue weighted by Gasteiger charge is 2.43. The van der Waals surface area contributed by atoms with Gasteiger partial charge >= 0.3 is 6.09 Å². The van der Waals surface area contributed by atoms with Gasteiger partial charge in [0.05, 0.1) is 11.8 Å². The van der Waals surface area contributed by atoms with E-state index in [1.807, 2.05) is 37.8 Å². The van der Waals surface area contributed by atoms with E-state index in [1.54, 1.807) is 12.0 Å². The van der Waals surface area contributed by atoms with E-state index >= 15 is 0 Å². The van der Waals surface area contributed by atoms with Crippen molar-refractivity contribution in [3.05, 3.63) is 36.0 Å². The molecule has 1 aliphatic carbocycles. The lowest BCUT2D eigenvalue weighted by Gasteiger charge is -2.39. The van der Waals surface area contributed by atoms with Gasteiger partial charge in [0.2, 0.25) is 11.8 Å². The lowest BCUT2D eigenvalue weighted by Crippen LogP contribution is -2.54. The SMILES string of the molecule is COCCCn1cc(CN(C(=O)[C@@H]2C[C@H](C(=O)NC(CC(C)C)CC(C)C)CN(C(=O)OC(C)(C)C)C2)C2CC2)c2ccccc21. The largest absolute Gasteiger partial charge is 0.444 e. The highest BCUT2D eigenvalue weighted by molar-refractivity contribution is 5.87. The Kier molecular flexibility index (Phi) is 12.2. The second-order valence-corrected chi connectivity index (χ2v) is 15.4. The molecule has 4 rings (SSSR count). The van der Waals surface area contributed by atoms with E-state index in [0.29, 0.717) is 31.4 Å². The molecule has 1 aromatic heterocycles. The van der Waals surface area contributed by atoms with Crippen LogP contribution in [0.4, 0.5) is 4.79 Å². The number of likely N-dealkylation sites (tertiary alicyclic amines) is 1. The molecule has 1 aromatic carbocycles. The van der Waals surface area contributed by atoms with Crippen molar-refractivity contribution in [2.24, 2.45) is 23.7 Å². The highest BCUT2D eigenvalue weighted by Crippen LogP contribution is 2.35. The third-order valence-corrected chi connectivity index (χ3v) is 8.91. The molecule has 2 atom stereocenters. The van der Waals surface area contributed by atoms with Crippen molar-refractivity contribution in [1.82, 2.24) is 19.7 Å². The van der Waals surface area contributed by atoms with E-state index in [4.69, 9.17) is 9.47 Å². The van der Waals surface area contributed by atoms with Crippen molar-refractivity contribution in [3.63, 3.8) is 0 Å². The molecular weight excluding hydrogens is 580 g/mol. The summed E-state index contributed by atoms with van der Waals surface area (Å²) in [5.41, 5.74) is 1.59. The summed E-state index contributed by atoms with van der Waals surface area (Å²) in [6.45, 7) is 16.7. The van der Waals surface area contributed by atoms with Gasteiger partial charge in [0, 0.05) is 69.1 Å². The number of carbonyl (C=O) groups is 3. The minimum absolute atomic E-state index is 0.0192. The number of aryl methyl sites for hydroxylation is 1. The topological polar surface area (TPSA) is 93.1 Å². The molecule has 0 spiro atoms. The molecule has 1 aliphatic heterocycles. The Morgan fingerprint density at radius 1 is 1.00 bits per heavy atom. The zero-order valence-electron chi connectivity index (χ0n) is 29.5. The van der Waals surface area contributed by atoms with Gasteiger partial charge in [-0.1, -0.05) is 45.9 Å². The number of nitrogens with one attached hydrogen (secondary N) is 1. The molecule has 256 valence electrons. The fourth-order valence-corrected chi connectivity index (χ4v) is 6.82. The van der Waals surface area contributed by atoms with Crippen molar-refractivity contribution in [1.29, 1.82) is 0 Å². The summed E-state index contributed by atoms with van der Waals surface area (Å²) in [5.74, 6) is -0.135. The normalized spacial score (nSPS) is 18.9. The number of piperidine rings is 1. The molecule has 0 radical (unpaired) electrons. The molecular formula is C37H58N4O5. The fraction of sp³-hybridized carbons (Fsp3) is 0.703. The number of hydrogen-bond acceptors (Lipinski definition) is 5. The first-order valence-electron chi connectivity index (χ1n) is 17.4. The third-order valence-electron chi connectivity index (χ3n) is 8.91. The molecule has 2 fully saturated rings. The smallest absolute Gasteiger partial charge is 0.410 e. The first-order chi connectivity index (χ1) is 21.8. The number of carbonyl (C=O) groups excluding carboxylic acids is 3. The zero-order valence-corrected chi connectivity index (χ0v) is 29.5. The molecule has 9 heteroatoms. The number of para-hydroxylation sites is 1. The van der Waals surface area contributed by atoms with Crippen LogP contribution in [0.5, 0.6) is 0 Å². The molecule has 1 N–H and O–H groups in total. The molecule has 2 aliphatic rings. The Balaban J connectivity index is 1.58. The van der Waals surface area contributed by atoms with E-state index in [9.17, 15) is 14.4 Å². The maximum Gasteiger partial charge on any atom is 0.410 e. The Labute approximate surface area is 276 Å². The molecule has 1 saturated heterocycles. The van der Waals surface area contributed by atoms with Gasteiger partial charge in [0.1, 0.15) is 5.60 Å². The van der Waals surface area contributed by atoms with Crippen LogP contribution in [-0.2, 0) is 32.2 Å². The van der Waals surface area contributed by atoms with Crippen LogP contribution in [0.25, 0.3) is 10.9 Å². The maximum atomic E-state index is 14.5. The second-order valence-electron chi connectivity index (χ2n) is 15.4. The minimum Gasteiger partial charge on any atom is -0.444 e. The van der Waals surface area contributed by atoms with Crippen LogP contribution in [0.3, 0.4) is 0 Å². The van der Waals surface area contributed by atoms with Crippen LogP contribution < -0.4 is 5.32 Å². The van der Waals surface area contributed by atoms with E-state index in [0.717, 1.165) is 55.1 Å². The summed E-state index contributed by atoms with van der Waals surface area (Å²) in [4.78, 5) is 45.3. The van der Waals surface area contributed by atoms with Crippen LogP contribution in [0.15, 0.2) is 30.5 Å². The molecule has 46 heavy (non-hydrogen) atoms. The summed E-state index contributed by atoms with van der Waals surface area (Å²) >= 11 is 0. The van der Waals surface area contributed by atoms with Gasteiger partial charge in [-0.2, -0.15) is 0 Å². The number of fused-ring (bicyclic) bond motifs is 1. The average molecular weight is 639 g/mol. The van der Waals surface area contributed by atoms with Crippen LogP contribution in [-0.4, -0.2) is 76.8 Å². The lowest BCUT2D eigenvalue weighted by molar-refractivity contribution is -0.140. The number of ether oxygens (including phenoxy) is 2. The van der Waals surface area contributed by atoms with E-state index in [2.05, 4.69) is 55.9 Å². The molecule has 0 bridgehead atoms. The quantitative estimate of drug-likeness (QED) is 0.235. The van der Waals surface area contributed by atoms with Gasteiger partial charge in [-0.05, 0) is 82.8 Å². The standard InChI is InChI=1S/C37H58N4O5/c1-25(2)18-30(19-26(3)4)38-34(42)27-20-28(22-40(21-27)36(44)46-37(5,6)7)35(43)41(31-14-15-31)24-29-23-39(16-11-17-45-8)33-13-10-9-12-32(29)33/h9-10,12-13,23,25-28,30-31H,11,14-22,24H2,1-8H3,(H,38,42)/t27-,28+/m0/s1. The highest BCUT2D eigenvalue weighted by atomic mass is 16.6. The number of aromatic nitrogens is 1. The van der Waals surface area contributed by atoms with Crippen LogP contribution >= 0.6 is 0 Å². The Morgan fingerprint density at radius 3 is 2.26 bits per heavy atom. The van der Waals surface area contributed by atoms with Gasteiger partial charge in [-0.3, -0.25) is 9.59 Å². The average Bonchev–Trinajstić information content (AvgIpc) is 3.76. The first-order valence-corrected chi connectivity index (χ1v) is 17.4. The number of hydrogen-bond donors (Lipinski definition) is 1. The first kappa shape index (κ1) is 35.8. The fourth-order valence-electron chi connectivity index (χ4n) is 6.82. The van der Waals surface area contributed by atoms with Gasteiger partial charge in [-0.15, -0.1) is 0 Å². The zero-order chi connectivity index (χ0) is 33.6. The molecule has 2 aromatic rings. The van der Waals surface area contributed by atoms with Gasteiger partial charge < -0.3 is 29.2 Å². The predicted molar refractivity (Wildman–Crippen MR) is 182 cm³/mol. The summed E-state index contributed by atoms with van der Waals surface area (Å²) in [5, 5.41) is 4.46. The monoisotopic (exact) mass is 638 g/mol. The van der Waals surface area contributed by atoms with Crippen LogP contribution in [0, 0.1) is 23.7 Å². The molecule has 3 amide bonds. The van der Waals surface area contributed by atoms with Crippen molar-refractivity contribution in [2.45, 2.75) is 118 Å². The molecule has 1 saturated carbocycles. The van der Waals surface area contributed by atoms with E-state index in [1.165, 1.54) is 0 Å². The van der Waals surface area contributed by atoms with Crippen molar-refractivity contribution in [2.75, 3.05) is 26.8 Å². The van der Waals surface area contributed by atoms with Gasteiger partial charge in [0.15, 0.2) is 0 Å². The van der Waals surface area contributed by atoms with Gasteiger partial charge in [0.25, 0.3) is 0 Å². The summed E-state index contributed by atoms with van der Waals surface area (Å²) in [6, 6.07) is 8.58. The number of amides is 3. The number of rotatable bonds is 14. The number of benzene rings is 1. The number of nitrogens with zero attached hydrogens (tertiary/aromatic N) is 3. The Hall–Kier alpha value is -3.07. The summed E-state index contributed by atoms with van der Waals surface area (Å²) < 4.78 is 13.3. The van der Waals surface area contributed by atoms with Gasteiger partial charge in [-0.25, -0.2) is 4.79 Å².